The molecule has 1 heterocycles. The molecule has 1 N–H and O–H groups in total. The lowest BCUT2D eigenvalue weighted by molar-refractivity contribution is -0.0172. The molecule has 0 saturated heterocycles. The van der Waals surface area contributed by atoms with Crippen LogP contribution in [0.2, 0.25) is 0 Å². The zero-order valence-electron chi connectivity index (χ0n) is 15.1. The Morgan fingerprint density at radius 3 is 2.75 bits per heavy atom. The van der Waals surface area contributed by atoms with Crippen molar-refractivity contribution < 1.29 is 9.63 Å². The number of hydrogen-bond donors (Lipinski definition) is 1. The summed E-state index contributed by atoms with van der Waals surface area (Å²) in [6.45, 7) is 7.07. The van der Waals surface area contributed by atoms with Crippen LogP contribution in [0.15, 0.2) is 16.2 Å². The van der Waals surface area contributed by atoms with Crippen LogP contribution in [-0.4, -0.2) is 16.4 Å². The van der Waals surface area contributed by atoms with Gasteiger partial charge in [-0.2, -0.15) is 0 Å². The topological polar surface area (TPSA) is 46.3 Å². The Hall–Kier alpha value is -1.09. The van der Waals surface area contributed by atoms with Crippen molar-refractivity contribution in [2.45, 2.75) is 77.2 Å². The van der Waals surface area contributed by atoms with Crippen LogP contribution in [0, 0.1) is 30.1 Å². The Bertz CT molecular complexity index is 719. The number of aliphatic hydroxyl groups is 1. The minimum atomic E-state index is -0.112. The van der Waals surface area contributed by atoms with Crippen molar-refractivity contribution in [3.8, 4) is 0 Å². The summed E-state index contributed by atoms with van der Waals surface area (Å²) in [4.78, 5) is 0. The molecule has 2 fully saturated rings. The number of rotatable bonds is 0. The fraction of sp³-hybridized carbons (Fsp3) is 0.762. The first-order valence-corrected chi connectivity index (χ1v) is 9.76. The van der Waals surface area contributed by atoms with Crippen LogP contribution in [0.4, 0.5) is 0 Å². The SMILES string of the molecule is Cc1noc2c1[C@@]1(C)CCC3C(CC=C4C[C@H](O)CC[C@@]43C)C1C2. The molecule has 3 unspecified atom stereocenters. The summed E-state index contributed by atoms with van der Waals surface area (Å²) < 4.78 is 5.69. The molecule has 5 rings (SSSR count). The molecule has 4 aliphatic rings. The summed E-state index contributed by atoms with van der Waals surface area (Å²) in [5, 5.41) is 14.4. The molecule has 4 aliphatic carbocycles. The van der Waals surface area contributed by atoms with Crippen LogP contribution in [0.1, 0.15) is 69.4 Å². The Labute approximate surface area is 144 Å². The van der Waals surface area contributed by atoms with Crippen molar-refractivity contribution in [1.82, 2.24) is 5.16 Å². The monoisotopic (exact) mass is 327 g/mol. The predicted molar refractivity (Wildman–Crippen MR) is 92.7 cm³/mol. The minimum absolute atomic E-state index is 0.112. The smallest absolute Gasteiger partial charge is 0.141 e. The Morgan fingerprint density at radius 2 is 1.92 bits per heavy atom. The average molecular weight is 327 g/mol. The first-order chi connectivity index (χ1) is 11.4. The highest BCUT2D eigenvalue weighted by Gasteiger charge is 2.58. The number of aromatic nitrogens is 1. The van der Waals surface area contributed by atoms with E-state index >= 15 is 0 Å². The maximum Gasteiger partial charge on any atom is 0.141 e. The third-order valence-corrected chi connectivity index (χ3v) is 8.38. The molecule has 1 aromatic rings. The molecule has 0 aromatic carbocycles. The van der Waals surface area contributed by atoms with Crippen molar-refractivity contribution in [3.05, 3.63) is 28.7 Å². The van der Waals surface area contributed by atoms with E-state index in [-0.39, 0.29) is 11.5 Å². The van der Waals surface area contributed by atoms with Crippen LogP contribution >= 0.6 is 0 Å². The van der Waals surface area contributed by atoms with E-state index in [2.05, 4.69) is 32.0 Å². The zero-order chi connectivity index (χ0) is 16.7. The second-order valence-electron chi connectivity index (χ2n) is 9.38. The lowest BCUT2D eigenvalue weighted by Gasteiger charge is -2.57. The van der Waals surface area contributed by atoms with Gasteiger partial charge in [0.2, 0.25) is 0 Å². The second-order valence-corrected chi connectivity index (χ2v) is 9.38. The Balaban J connectivity index is 1.54. The van der Waals surface area contributed by atoms with Crippen LogP contribution in [0.3, 0.4) is 0 Å². The lowest BCUT2D eigenvalue weighted by atomic mass is 9.47. The molecule has 2 saturated carbocycles. The van der Waals surface area contributed by atoms with Crippen molar-refractivity contribution in [1.29, 1.82) is 0 Å². The van der Waals surface area contributed by atoms with E-state index in [4.69, 9.17) is 4.52 Å². The number of allylic oxidation sites excluding steroid dienone is 1. The normalized spacial score (nSPS) is 46.6. The van der Waals surface area contributed by atoms with Crippen LogP contribution < -0.4 is 0 Å². The highest BCUT2D eigenvalue weighted by molar-refractivity contribution is 5.40. The van der Waals surface area contributed by atoms with E-state index in [0.717, 1.165) is 43.2 Å². The first kappa shape index (κ1) is 15.2. The summed E-state index contributed by atoms with van der Waals surface area (Å²) in [6.07, 6.45) is 10.3. The van der Waals surface area contributed by atoms with Crippen LogP contribution in [0.5, 0.6) is 0 Å². The largest absolute Gasteiger partial charge is 0.393 e. The predicted octanol–water partition coefficient (Wildman–Crippen LogP) is 4.32. The minimum Gasteiger partial charge on any atom is -0.393 e. The lowest BCUT2D eigenvalue weighted by Crippen LogP contribution is -2.51. The summed E-state index contributed by atoms with van der Waals surface area (Å²) in [5.74, 6) is 3.41. The molecule has 0 spiro atoms. The van der Waals surface area contributed by atoms with Crippen molar-refractivity contribution >= 4 is 0 Å². The standard InChI is InChI=1S/C21H29NO2/c1-12-19-18(24-22-12)11-17-15-5-4-13-10-14(23)6-8-20(13,2)16(15)7-9-21(17,19)3/h4,14-17,23H,5-11H2,1-3H3/t14-,15?,16?,17?,20+,21+/m1/s1. The molecule has 3 nitrogen and oxygen atoms in total. The summed E-state index contributed by atoms with van der Waals surface area (Å²) in [6, 6.07) is 0. The molecule has 0 radical (unpaired) electrons. The number of fused-ring (bicyclic) bond motifs is 7. The van der Waals surface area contributed by atoms with Gasteiger partial charge >= 0.3 is 0 Å². The molecule has 6 atom stereocenters. The Kier molecular flexibility index (Phi) is 3.01. The van der Waals surface area contributed by atoms with E-state index in [1.807, 2.05) is 0 Å². The molecule has 0 amide bonds. The fourth-order valence-corrected chi connectivity index (χ4v) is 7.14. The van der Waals surface area contributed by atoms with Crippen molar-refractivity contribution in [2.24, 2.45) is 23.2 Å². The van der Waals surface area contributed by atoms with Gasteiger partial charge in [0, 0.05) is 17.4 Å². The van der Waals surface area contributed by atoms with Gasteiger partial charge in [-0.3, -0.25) is 0 Å². The summed E-state index contributed by atoms with van der Waals surface area (Å²) in [7, 11) is 0. The number of aryl methyl sites for hydroxylation is 1. The zero-order valence-corrected chi connectivity index (χ0v) is 15.1. The number of aliphatic hydroxyl groups excluding tert-OH is 1. The van der Waals surface area contributed by atoms with Crippen LogP contribution in [-0.2, 0) is 11.8 Å². The first-order valence-electron chi connectivity index (χ1n) is 9.76. The molecule has 24 heavy (non-hydrogen) atoms. The third kappa shape index (κ3) is 1.75. The Morgan fingerprint density at radius 1 is 1.12 bits per heavy atom. The maximum atomic E-state index is 10.1. The van der Waals surface area contributed by atoms with Gasteiger partial charge in [0.05, 0.1) is 11.8 Å². The highest BCUT2D eigenvalue weighted by atomic mass is 16.5. The van der Waals surface area contributed by atoms with Gasteiger partial charge < -0.3 is 9.63 Å². The molecular formula is C21H29NO2. The van der Waals surface area contributed by atoms with Gasteiger partial charge in [-0.05, 0) is 68.6 Å². The van der Waals surface area contributed by atoms with E-state index in [0.29, 0.717) is 11.3 Å². The van der Waals surface area contributed by atoms with Gasteiger partial charge in [0.1, 0.15) is 5.76 Å². The van der Waals surface area contributed by atoms with Crippen molar-refractivity contribution in [3.63, 3.8) is 0 Å². The molecule has 0 bridgehead atoms. The van der Waals surface area contributed by atoms with Gasteiger partial charge in [-0.15, -0.1) is 0 Å². The van der Waals surface area contributed by atoms with E-state index < -0.39 is 0 Å². The number of hydrogen-bond acceptors (Lipinski definition) is 3. The van der Waals surface area contributed by atoms with E-state index in [9.17, 15) is 5.11 Å². The van der Waals surface area contributed by atoms with Crippen LogP contribution in [0.25, 0.3) is 0 Å². The van der Waals surface area contributed by atoms with E-state index in [1.165, 1.54) is 30.6 Å². The average Bonchev–Trinajstić information content (AvgIpc) is 3.06. The molecular weight excluding hydrogens is 298 g/mol. The molecule has 3 heteroatoms. The number of nitrogens with zero attached hydrogens (tertiary/aromatic N) is 1. The van der Waals surface area contributed by atoms with Gasteiger partial charge in [-0.1, -0.05) is 30.7 Å². The molecule has 0 aliphatic heterocycles. The summed E-state index contributed by atoms with van der Waals surface area (Å²) in [5.41, 5.74) is 4.69. The molecule has 130 valence electrons. The quantitative estimate of drug-likeness (QED) is 0.722. The molecule has 1 aromatic heterocycles. The second kappa shape index (κ2) is 4.75. The third-order valence-electron chi connectivity index (χ3n) is 8.38. The van der Waals surface area contributed by atoms with Crippen molar-refractivity contribution in [2.75, 3.05) is 0 Å². The van der Waals surface area contributed by atoms with Gasteiger partial charge in [-0.25, -0.2) is 0 Å². The maximum absolute atomic E-state index is 10.1. The summed E-state index contributed by atoms with van der Waals surface area (Å²) >= 11 is 0. The van der Waals surface area contributed by atoms with E-state index in [1.54, 1.807) is 5.57 Å². The highest BCUT2D eigenvalue weighted by Crippen LogP contribution is 2.64. The fourth-order valence-electron chi connectivity index (χ4n) is 7.14. The van der Waals surface area contributed by atoms with Gasteiger partial charge in [0.25, 0.3) is 0 Å². The van der Waals surface area contributed by atoms with Gasteiger partial charge in [0.15, 0.2) is 0 Å².